The molecule has 7 heteroatoms. The van der Waals surface area contributed by atoms with E-state index < -0.39 is 0 Å². The van der Waals surface area contributed by atoms with Gasteiger partial charge in [0.15, 0.2) is 0 Å². The van der Waals surface area contributed by atoms with Crippen LogP contribution in [0.25, 0.3) is 0 Å². The molecule has 0 unspecified atom stereocenters. The predicted molar refractivity (Wildman–Crippen MR) is 91.6 cm³/mol. The van der Waals surface area contributed by atoms with Crippen molar-refractivity contribution in [2.45, 2.75) is 45.7 Å². The minimum Gasteiger partial charge on any atom is -0.323 e. The molecule has 0 aliphatic carbocycles. The second-order valence-corrected chi connectivity index (χ2v) is 6.70. The van der Waals surface area contributed by atoms with Crippen molar-refractivity contribution in [3.05, 3.63) is 44.5 Å². The molecule has 1 N–H and O–H groups in total. The molecule has 2 heterocycles. The van der Waals surface area contributed by atoms with Crippen LogP contribution in [0, 0.1) is 6.92 Å². The van der Waals surface area contributed by atoms with E-state index in [0.717, 1.165) is 41.5 Å². The third-order valence-electron chi connectivity index (χ3n) is 3.97. The summed E-state index contributed by atoms with van der Waals surface area (Å²) in [4.78, 5) is 24.6. The van der Waals surface area contributed by atoms with Gasteiger partial charge in [-0.15, -0.1) is 0 Å². The fourth-order valence-corrected chi connectivity index (χ4v) is 3.37. The largest absolute Gasteiger partial charge is 0.346 e. The first-order valence-corrected chi connectivity index (χ1v) is 8.56. The highest BCUT2D eigenvalue weighted by Crippen LogP contribution is 2.23. The maximum Gasteiger partial charge on any atom is 0.346 e. The number of nitrogens with zero attached hydrogens (tertiary/aromatic N) is 3. The molecule has 1 aliphatic heterocycles. The van der Waals surface area contributed by atoms with Gasteiger partial charge in [-0.1, -0.05) is 12.5 Å². The van der Waals surface area contributed by atoms with E-state index >= 15 is 0 Å². The minimum atomic E-state index is -0.259. The molecule has 0 saturated heterocycles. The fourth-order valence-electron chi connectivity index (χ4n) is 2.78. The lowest BCUT2D eigenvalue weighted by Crippen LogP contribution is -2.30. The summed E-state index contributed by atoms with van der Waals surface area (Å²) in [6.07, 6.45) is 3.94. The van der Waals surface area contributed by atoms with Crippen LogP contribution in [0.15, 0.2) is 27.5 Å². The van der Waals surface area contributed by atoms with Crippen LogP contribution in [0.3, 0.4) is 0 Å². The minimum absolute atomic E-state index is 0.0703. The number of anilines is 1. The maximum atomic E-state index is 12.3. The van der Waals surface area contributed by atoms with Gasteiger partial charge in [0.05, 0.1) is 5.69 Å². The van der Waals surface area contributed by atoms with Gasteiger partial charge in [0, 0.05) is 17.4 Å². The third-order valence-corrected chi connectivity index (χ3v) is 4.63. The fraction of sp³-hybridized carbons (Fsp3) is 0.438. The molecule has 0 radical (unpaired) electrons. The molecule has 122 valence electrons. The summed E-state index contributed by atoms with van der Waals surface area (Å²) in [5.74, 6) is 0.529. The van der Waals surface area contributed by atoms with E-state index in [1.54, 1.807) is 4.57 Å². The Balaban J connectivity index is 1.74. The monoisotopic (exact) mass is 378 g/mol. The Bertz CT molecular complexity index is 794. The van der Waals surface area contributed by atoms with E-state index in [2.05, 4.69) is 26.3 Å². The van der Waals surface area contributed by atoms with Crippen molar-refractivity contribution in [2.75, 3.05) is 5.32 Å². The van der Waals surface area contributed by atoms with Gasteiger partial charge in [0.1, 0.15) is 12.4 Å². The Morgan fingerprint density at radius 1 is 1.35 bits per heavy atom. The van der Waals surface area contributed by atoms with E-state index in [-0.39, 0.29) is 18.1 Å². The van der Waals surface area contributed by atoms with E-state index in [1.165, 1.54) is 4.68 Å². The Morgan fingerprint density at radius 3 is 2.96 bits per heavy atom. The van der Waals surface area contributed by atoms with Crippen LogP contribution in [0.2, 0.25) is 0 Å². The van der Waals surface area contributed by atoms with Gasteiger partial charge in [-0.3, -0.25) is 9.36 Å². The molecule has 6 nitrogen and oxygen atoms in total. The van der Waals surface area contributed by atoms with Crippen molar-refractivity contribution in [1.29, 1.82) is 0 Å². The van der Waals surface area contributed by atoms with Gasteiger partial charge in [0.25, 0.3) is 0 Å². The highest BCUT2D eigenvalue weighted by molar-refractivity contribution is 9.10. The zero-order valence-electron chi connectivity index (χ0n) is 13.0. The molecule has 0 bridgehead atoms. The summed E-state index contributed by atoms with van der Waals surface area (Å²) in [7, 11) is 0. The zero-order chi connectivity index (χ0) is 16.4. The van der Waals surface area contributed by atoms with E-state index in [9.17, 15) is 9.59 Å². The maximum absolute atomic E-state index is 12.3. The van der Waals surface area contributed by atoms with Crippen molar-refractivity contribution in [2.24, 2.45) is 0 Å². The van der Waals surface area contributed by atoms with Gasteiger partial charge in [-0.25, -0.2) is 9.48 Å². The number of benzene rings is 1. The molecule has 0 fully saturated rings. The van der Waals surface area contributed by atoms with Crippen molar-refractivity contribution >= 4 is 27.5 Å². The van der Waals surface area contributed by atoms with Crippen molar-refractivity contribution < 1.29 is 4.79 Å². The summed E-state index contributed by atoms with van der Waals surface area (Å²) in [6.45, 7) is 2.60. The molecule has 0 saturated carbocycles. The number of carbonyl (C=O) groups excluding carboxylic acids is 1. The SMILES string of the molecule is Cc1ccc(NC(=O)Cn2nc3n(c2=O)CCCCC3)c(Br)c1. The highest BCUT2D eigenvalue weighted by Gasteiger charge is 2.17. The van der Waals surface area contributed by atoms with Gasteiger partial charge in [-0.05, 0) is 53.4 Å². The highest BCUT2D eigenvalue weighted by atomic mass is 79.9. The van der Waals surface area contributed by atoms with Crippen LogP contribution in [0.5, 0.6) is 0 Å². The standard InChI is InChI=1S/C16H19BrN4O2/c1-11-6-7-13(12(17)9-11)18-15(22)10-21-16(23)20-8-4-2-3-5-14(20)19-21/h6-7,9H,2-5,8,10H2,1H3,(H,18,22). The van der Waals surface area contributed by atoms with E-state index in [0.29, 0.717) is 12.2 Å². The Kier molecular flexibility index (Phi) is 4.66. The van der Waals surface area contributed by atoms with E-state index in [1.807, 2.05) is 25.1 Å². The van der Waals surface area contributed by atoms with Crippen LogP contribution in [0.1, 0.15) is 30.7 Å². The van der Waals surface area contributed by atoms with Crippen LogP contribution in [0.4, 0.5) is 5.69 Å². The van der Waals surface area contributed by atoms with Crippen molar-refractivity contribution in [1.82, 2.24) is 14.3 Å². The lowest BCUT2D eigenvalue weighted by atomic mass is 10.2. The number of halogens is 1. The average molecular weight is 379 g/mol. The quantitative estimate of drug-likeness (QED) is 0.891. The topological polar surface area (TPSA) is 68.9 Å². The molecular weight excluding hydrogens is 360 g/mol. The number of fused-ring (bicyclic) bond motifs is 1. The number of nitrogens with one attached hydrogen (secondary N) is 1. The molecule has 3 rings (SSSR count). The molecule has 1 aromatic carbocycles. The van der Waals surface area contributed by atoms with Crippen LogP contribution in [-0.2, 0) is 24.3 Å². The van der Waals surface area contributed by atoms with Crippen LogP contribution >= 0.6 is 15.9 Å². The summed E-state index contributed by atoms with van der Waals surface area (Å²) >= 11 is 3.43. The average Bonchev–Trinajstić information content (AvgIpc) is 2.68. The van der Waals surface area contributed by atoms with Gasteiger partial charge < -0.3 is 5.32 Å². The van der Waals surface area contributed by atoms with Crippen molar-refractivity contribution in [3.63, 3.8) is 0 Å². The van der Waals surface area contributed by atoms with E-state index in [4.69, 9.17) is 0 Å². The second-order valence-electron chi connectivity index (χ2n) is 5.85. The lowest BCUT2D eigenvalue weighted by Gasteiger charge is -2.07. The number of aryl methyl sites for hydroxylation is 2. The van der Waals surface area contributed by atoms with Gasteiger partial charge in [-0.2, -0.15) is 5.10 Å². The zero-order valence-corrected chi connectivity index (χ0v) is 14.6. The normalized spacial score (nSPS) is 14.2. The Morgan fingerprint density at radius 2 is 2.17 bits per heavy atom. The summed E-state index contributed by atoms with van der Waals surface area (Å²) in [6, 6.07) is 5.69. The summed E-state index contributed by atoms with van der Waals surface area (Å²) < 4.78 is 3.78. The number of carbonyl (C=O) groups is 1. The molecule has 1 aliphatic rings. The first-order valence-electron chi connectivity index (χ1n) is 7.77. The second kappa shape index (κ2) is 6.70. The molecule has 23 heavy (non-hydrogen) atoms. The molecule has 2 aromatic rings. The molecule has 0 spiro atoms. The number of aromatic nitrogens is 3. The van der Waals surface area contributed by atoms with Crippen LogP contribution in [-0.4, -0.2) is 20.3 Å². The number of rotatable bonds is 3. The molecule has 0 atom stereocenters. The first kappa shape index (κ1) is 16.0. The molecule has 1 aromatic heterocycles. The van der Waals surface area contributed by atoms with Gasteiger partial charge >= 0.3 is 5.69 Å². The first-order chi connectivity index (χ1) is 11.0. The lowest BCUT2D eigenvalue weighted by molar-refractivity contribution is -0.117. The predicted octanol–water partition coefficient (Wildman–Crippen LogP) is 2.48. The third kappa shape index (κ3) is 3.55. The number of hydrogen-bond donors (Lipinski definition) is 1. The number of hydrogen-bond acceptors (Lipinski definition) is 3. The van der Waals surface area contributed by atoms with Crippen molar-refractivity contribution in [3.8, 4) is 0 Å². The van der Waals surface area contributed by atoms with Crippen LogP contribution < -0.4 is 11.0 Å². The molecule has 1 amide bonds. The summed E-state index contributed by atoms with van der Waals surface area (Å²) in [5, 5.41) is 7.13. The van der Waals surface area contributed by atoms with Gasteiger partial charge in [0.2, 0.25) is 5.91 Å². The Hall–Kier alpha value is -1.89. The summed E-state index contributed by atoms with van der Waals surface area (Å²) in [5.41, 5.74) is 1.60. The number of amides is 1. The Labute approximate surface area is 142 Å². The smallest absolute Gasteiger partial charge is 0.323 e. The molecular formula is C16H19BrN4O2.